The number of nitrogens with one attached hydrogen (secondary N) is 1. The van der Waals surface area contributed by atoms with E-state index in [4.69, 9.17) is 24.2 Å². The fourth-order valence-electron chi connectivity index (χ4n) is 5.77. The molecular weight excluding hydrogens is 498 g/mol. The number of carbonyl (C=O) groups is 1. The standard InChI is InChI=1S/C28H35N7O4/c1-5-22(36)34-11-13-35(14-12-34)26-25-27(31-28(30-26)37-16-19-7-6-10-33(19)4)39-24(18(3)38-25)23-17(2)8-9-21-20(23)15-29-32-21/h5,8-9,15,18-19,24H,1,6-7,10-14,16H2,2-4H3,(H,29,32)/t18-,19?,24?/m1/s1. The number of rotatable bonds is 6. The second-order valence-electron chi connectivity index (χ2n) is 10.6. The molecule has 1 aromatic carbocycles. The van der Waals surface area contributed by atoms with Crippen molar-refractivity contribution in [1.82, 2.24) is 30.0 Å². The molecule has 0 radical (unpaired) electrons. The maximum absolute atomic E-state index is 12.1. The van der Waals surface area contributed by atoms with Crippen molar-refractivity contribution >= 4 is 22.6 Å². The summed E-state index contributed by atoms with van der Waals surface area (Å²) in [4.78, 5) is 27.8. The van der Waals surface area contributed by atoms with Gasteiger partial charge in [-0.05, 0) is 58.0 Å². The van der Waals surface area contributed by atoms with E-state index in [0.717, 1.165) is 41.4 Å². The zero-order valence-corrected chi connectivity index (χ0v) is 22.7. The van der Waals surface area contributed by atoms with Crippen LogP contribution in [0.25, 0.3) is 10.9 Å². The number of piperazine rings is 1. The smallest absolute Gasteiger partial charge is 0.322 e. The number of amides is 1. The summed E-state index contributed by atoms with van der Waals surface area (Å²) in [5.41, 5.74) is 3.05. The van der Waals surface area contributed by atoms with Crippen LogP contribution in [0.3, 0.4) is 0 Å². The molecule has 11 heteroatoms. The molecule has 6 rings (SSSR count). The molecule has 39 heavy (non-hydrogen) atoms. The number of likely N-dealkylation sites (tertiary alicyclic amines) is 1. The summed E-state index contributed by atoms with van der Waals surface area (Å²) < 4.78 is 19.3. The van der Waals surface area contributed by atoms with Gasteiger partial charge in [-0.1, -0.05) is 12.6 Å². The fourth-order valence-corrected chi connectivity index (χ4v) is 5.77. The van der Waals surface area contributed by atoms with Gasteiger partial charge in [0.25, 0.3) is 5.88 Å². The summed E-state index contributed by atoms with van der Waals surface area (Å²) in [5.74, 6) is 1.43. The first-order chi connectivity index (χ1) is 18.9. The lowest BCUT2D eigenvalue weighted by Gasteiger charge is -2.38. The quantitative estimate of drug-likeness (QED) is 0.479. The molecule has 1 amide bonds. The van der Waals surface area contributed by atoms with Crippen molar-refractivity contribution in [3.05, 3.63) is 42.1 Å². The van der Waals surface area contributed by atoms with E-state index in [1.54, 1.807) is 4.90 Å². The van der Waals surface area contributed by atoms with E-state index in [2.05, 4.69) is 46.6 Å². The summed E-state index contributed by atoms with van der Waals surface area (Å²) in [6.07, 6.45) is 4.73. The van der Waals surface area contributed by atoms with Crippen molar-refractivity contribution in [3.8, 4) is 17.6 Å². The summed E-state index contributed by atoms with van der Waals surface area (Å²) in [6.45, 7) is 11.6. The zero-order chi connectivity index (χ0) is 27.1. The van der Waals surface area contributed by atoms with Crippen LogP contribution in [0.4, 0.5) is 5.82 Å². The molecule has 5 heterocycles. The number of nitrogens with zero attached hydrogens (tertiary/aromatic N) is 6. The highest BCUT2D eigenvalue weighted by Crippen LogP contribution is 2.46. The van der Waals surface area contributed by atoms with Crippen molar-refractivity contribution in [1.29, 1.82) is 0 Å². The molecule has 3 aromatic rings. The highest BCUT2D eigenvalue weighted by atomic mass is 16.6. The Bertz CT molecular complexity index is 1380. The summed E-state index contributed by atoms with van der Waals surface area (Å²) >= 11 is 0. The van der Waals surface area contributed by atoms with Gasteiger partial charge in [0.2, 0.25) is 11.7 Å². The Hall–Kier alpha value is -3.86. The molecule has 3 atom stereocenters. The average molecular weight is 534 g/mol. The van der Waals surface area contributed by atoms with Gasteiger partial charge in [-0.25, -0.2) is 0 Å². The number of hydrogen-bond donors (Lipinski definition) is 1. The van der Waals surface area contributed by atoms with Crippen LogP contribution in [-0.4, -0.2) is 94.4 Å². The van der Waals surface area contributed by atoms with Crippen molar-refractivity contribution in [3.63, 3.8) is 0 Å². The molecule has 2 saturated heterocycles. The normalized spacial score (nSPS) is 23.3. The predicted molar refractivity (Wildman–Crippen MR) is 146 cm³/mol. The number of H-pyrrole nitrogens is 1. The molecule has 206 valence electrons. The topological polar surface area (TPSA) is 109 Å². The predicted octanol–water partition coefficient (Wildman–Crippen LogP) is 2.87. The molecule has 0 aliphatic carbocycles. The SMILES string of the molecule is C=CC(=O)N1CCN(c2nc(OCC3CCCN3C)nc3c2O[C@H](C)C(c2c(C)ccc4[nH]ncc24)O3)CC1. The number of anilines is 1. The van der Waals surface area contributed by atoms with Crippen LogP contribution in [0, 0.1) is 6.92 Å². The molecule has 2 fully saturated rings. The largest absolute Gasteiger partial charge is 0.478 e. The van der Waals surface area contributed by atoms with Crippen LogP contribution in [0.15, 0.2) is 31.0 Å². The van der Waals surface area contributed by atoms with E-state index in [9.17, 15) is 4.79 Å². The summed E-state index contributed by atoms with van der Waals surface area (Å²) in [7, 11) is 2.12. The van der Waals surface area contributed by atoms with Gasteiger partial charge in [-0.2, -0.15) is 15.1 Å². The number of benzene rings is 1. The third kappa shape index (κ3) is 4.75. The number of ether oxygens (including phenoxy) is 3. The van der Waals surface area contributed by atoms with Gasteiger partial charge in [0, 0.05) is 43.2 Å². The first-order valence-corrected chi connectivity index (χ1v) is 13.6. The third-order valence-electron chi connectivity index (χ3n) is 8.07. The molecule has 1 N–H and O–H groups in total. The zero-order valence-electron chi connectivity index (χ0n) is 22.7. The lowest BCUT2D eigenvalue weighted by molar-refractivity contribution is -0.126. The Morgan fingerprint density at radius 3 is 2.77 bits per heavy atom. The molecule has 11 nitrogen and oxygen atoms in total. The van der Waals surface area contributed by atoms with Crippen molar-refractivity contribution in [2.45, 2.75) is 44.9 Å². The van der Waals surface area contributed by atoms with E-state index in [1.165, 1.54) is 6.08 Å². The lowest BCUT2D eigenvalue weighted by Crippen LogP contribution is -2.49. The van der Waals surface area contributed by atoms with Crippen LogP contribution in [0.2, 0.25) is 0 Å². The number of hydrogen-bond acceptors (Lipinski definition) is 9. The number of carbonyl (C=O) groups excluding carboxylic acids is 1. The molecule has 0 bridgehead atoms. The molecular formula is C28H35N7O4. The Morgan fingerprint density at radius 1 is 1.21 bits per heavy atom. The van der Waals surface area contributed by atoms with Crippen molar-refractivity contribution in [2.24, 2.45) is 0 Å². The molecule has 0 saturated carbocycles. The molecule has 2 aromatic heterocycles. The van der Waals surface area contributed by atoms with Gasteiger partial charge in [-0.15, -0.1) is 0 Å². The monoisotopic (exact) mass is 533 g/mol. The van der Waals surface area contributed by atoms with Crippen LogP contribution in [-0.2, 0) is 4.79 Å². The van der Waals surface area contributed by atoms with E-state index >= 15 is 0 Å². The van der Waals surface area contributed by atoms with Gasteiger partial charge in [0.05, 0.1) is 11.7 Å². The molecule has 3 aliphatic rings. The Labute approximate surface area is 227 Å². The number of aromatic nitrogens is 4. The molecule has 3 aliphatic heterocycles. The van der Waals surface area contributed by atoms with Gasteiger partial charge in [0.1, 0.15) is 12.7 Å². The first kappa shape index (κ1) is 25.4. The molecule has 2 unspecified atom stereocenters. The minimum absolute atomic E-state index is 0.0658. The number of fused-ring (bicyclic) bond motifs is 2. The Morgan fingerprint density at radius 2 is 2.03 bits per heavy atom. The minimum atomic E-state index is -0.391. The van der Waals surface area contributed by atoms with Gasteiger partial charge >= 0.3 is 6.01 Å². The van der Waals surface area contributed by atoms with Gasteiger partial charge < -0.3 is 28.9 Å². The van der Waals surface area contributed by atoms with Crippen LogP contribution in [0.5, 0.6) is 17.6 Å². The highest BCUT2D eigenvalue weighted by molar-refractivity contribution is 5.87. The Balaban J connectivity index is 1.34. The highest BCUT2D eigenvalue weighted by Gasteiger charge is 2.38. The minimum Gasteiger partial charge on any atom is -0.478 e. The second kappa shape index (κ2) is 10.4. The van der Waals surface area contributed by atoms with E-state index in [1.807, 2.05) is 19.2 Å². The maximum atomic E-state index is 12.1. The van der Waals surface area contributed by atoms with Crippen molar-refractivity contribution in [2.75, 3.05) is 51.3 Å². The van der Waals surface area contributed by atoms with E-state index in [0.29, 0.717) is 56.3 Å². The maximum Gasteiger partial charge on any atom is 0.322 e. The third-order valence-corrected chi connectivity index (χ3v) is 8.07. The molecule has 0 spiro atoms. The number of aryl methyl sites for hydroxylation is 1. The fraction of sp³-hybridized carbons (Fsp3) is 0.500. The van der Waals surface area contributed by atoms with E-state index < -0.39 is 6.10 Å². The van der Waals surface area contributed by atoms with E-state index in [-0.39, 0.29) is 18.0 Å². The first-order valence-electron chi connectivity index (χ1n) is 13.6. The van der Waals surface area contributed by atoms with Gasteiger partial charge in [-0.3, -0.25) is 9.89 Å². The second-order valence-corrected chi connectivity index (χ2v) is 10.6. The number of aromatic amines is 1. The van der Waals surface area contributed by atoms with Crippen LogP contribution in [0.1, 0.15) is 37.0 Å². The average Bonchev–Trinajstić information content (AvgIpc) is 3.59. The lowest BCUT2D eigenvalue weighted by atomic mass is 9.95. The number of likely N-dealkylation sites (N-methyl/N-ethyl adjacent to an activating group) is 1. The summed E-state index contributed by atoms with van der Waals surface area (Å²) in [6, 6.07) is 4.67. The van der Waals surface area contributed by atoms with Crippen LogP contribution < -0.4 is 19.1 Å². The van der Waals surface area contributed by atoms with Crippen molar-refractivity contribution < 1.29 is 19.0 Å². The Kier molecular flexibility index (Phi) is 6.76. The summed E-state index contributed by atoms with van der Waals surface area (Å²) in [5, 5.41) is 8.28. The van der Waals surface area contributed by atoms with Crippen LogP contribution >= 0.6 is 0 Å². The van der Waals surface area contributed by atoms with Gasteiger partial charge in [0.15, 0.2) is 11.9 Å².